The molecule has 1 aliphatic heterocycles. The fourth-order valence-electron chi connectivity index (χ4n) is 2.72. The number of anilines is 1. The molecule has 0 radical (unpaired) electrons. The fourth-order valence-corrected chi connectivity index (χ4v) is 2.97. The van der Waals surface area contributed by atoms with Crippen LogP contribution in [0.4, 0.5) is 5.69 Å². The first-order valence-electron chi connectivity index (χ1n) is 7.42. The lowest BCUT2D eigenvalue weighted by Gasteiger charge is -2.28. The van der Waals surface area contributed by atoms with Gasteiger partial charge in [0.05, 0.1) is 11.9 Å². The van der Waals surface area contributed by atoms with Crippen molar-refractivity contribution in [2.75, 3.05) is 18.0 Å². The molecular weight excluding hydrogens is 302 g/mol. The summed E-state index contributed by atoms with van der Waals surface area (Å²) in [6, 6.07) is 1.85. The van der Waals surface area contributed by atoms with Crippen LogP contribution in [0.15, 0.2) is 17.1 Å². The summed E-state index contributed by atoms with van der Waals surface area (Å²) in [5.74, 6) is 0.259. The van der Waals surface area contributed by atoms with Crippen LogP contribution in [-0.2, 0) is 0 Å². The van der Waals surface area contributed by atoms with Crippen molar-refractivity contribution in [2.45, 2.75) is 33.1 Å². The van der Waals surface area contributed by atoms with Gasteiger partial charge in [-0.05, 0) is 39.2 Å². The third-order valence-electron chi connectivity index (χ3n) is 3.76. The third-order valence-corrected chi connectivity index (χ3v) is 4.11. The average Bonchev–Trinajstić information content (AvgIpc) is 2.50. The van der Waals surface area contributed by atoms with Gasteiger partial charge in [-0.1, -0.05) is 11.6 Å². The first kappa shape index (κ1) is 15.0. The topological polar surface area (TPSA) is 63.9 Å². The van der Waals surface area contributed by atoms with Crippen LogP contribution in [0.2, 0.25) is 5.02 Å². The lowest BCUT2D eigenvalue weighted by atomic mass is 10.1. The molecule has 1 fully saturated rings. The predicted octanol–water partition coefficient (Wildman–Crippen LogP) is 2.28. The van der Waals surface area contributed by atoms with E-state index >= 15 is 0 Å². The summed E-state index contributed by atoms with van der Waals surface area (Å²) in [5, 5.41) is 4.40. The van der Waals surface area contributed by atoms with Gasteiger partial charge in [-0.15, -0.1) is 0 Å². The molecule has 0 N–H and O–H groups in total. The van der Waals surface area contributed by atoms with Gasteiger partial charge in [0.15, 0.2) is 0 Å². The molecule has 0 saturated carbocycles. The number of aromatic nitrogens is 4. The normalized spacial score (nSPS) is 15.1. The molecule has 116 valence electrons. The van der Waals surface area contributed by atoms with Crippen molar-refractivity contribution in [3.05, 3.63) is 39.0 Å². The summed E-state index contributed by atoms with van der Waals surface area (Å²) in [5.41, 5.74) is 1.89. The molecule has 0 bridgehead atoms. The van der Waals surface area contributed by atoms with Gasteiger partial charge in [0.1, 0.15) is 5.02 Å². The maximum atomic E-state index is 12.5. The highest BCUT2D eigenvalue weighted by Gasteiger charge is 2.19. The molecule has 0 atom stereocenters. The van der Waals surface area contributed by atoms with Crippen LogP contribution in [-0.4, -0.2) is 32.8 Å². The van der Waals surface area contributed by atoms with Gasteiger partial charge in [0.2, 0.25) is 0 Å². The maximum absolute atomic E-state index is 12.5. The molecular formula is C15H18ClN5O. The molecule has 22 heavy (non-hydrogen) atoms. The second kappa shape index (κ2) is 6.04. The van der Waals surface area contributed by atoms with Crippen molar-refractivity contribution in [3.63, 3.8) is 0 Å². The van der Waals surface area contributed by atoms with E-state index in [1.54, 1.807) is 6.20 Å². The first-order valence-corrected chi connectivity index (χ1v) is 7.79. The Morgan fingerprint density at radius 1 is 1.09 bits per heavy atom. The van der Waals surface area contributed by atoms with E-state index in [0.29, 0.717) is 5.69 Å². The van der Waals surface area contributed by atoms with Crippen molar-refractivity contribution in [3.8, 4) is 5.95 Å². The van der Waals surface area contributed by atoms with Gasteiger partial charge in [-0.2, -0.15) is 9.78 Å². The molecule has 1 saturated heterocycles. The molecule has 2 aromatic heterocycles. The molecule has 0 unspecified atom stereocenters. The summed E-state index contributed by atoms with van der Waals surface area (Å²) in [4.78, 5) is 23.2. The molecule has 1 aliphatic rings. The Hall–Kier alpha value is -1.95. The number of rotatable bonds is 2. The smallest absolute Gasteiger partial charge is 0.295 e. The SMILES string of the molecule is Cc1cc(C)nc(-n2ncc(N3CCCCC3)c(Cl)c2=O)n1. The van der Waals surface area contributed by atoms with Crippen molar-refractivity contribution >= 4 is 17.3 Å². The quantitative estimate of drug-likeness (QED) is 0.849. The molecule has 0 spiro atoms. The van der Waals surface area contributed by atoms with Crippen LogP contribution < -0.4 is 10.5 Å². The number of hydrogen-bond acceptors (Lipinski definition) is 5. The van der Waals surface area contributed by atoms with E-state index < -0.39 is 0 Å². The Morgan fingerprint density at radius 3 is 2.36 bits per heavy atom. The van der Waals surface area contributed by atoms with Gasteiger partial charge >= 0.3 is 0 Å². The zero-order valence-corrected chi connectivity index (χ0v) is 13.5. The number of halogens is 1. The number of hydrogen-bond donors (Lipinski definition) is 0. The van der Waals surface area contributed by atoms with Gasteiger partial charge < -0.3 is 4.90 Å². The van der Waals surface area contributed by atoms with E-state index in [-0.39, 0.29) is 16.5 Å². The van der Waals surface area contributed by atoms with Gasteiger partial charge in [-0.3, -0.25) is 4.79 Å². The Morgan fingerprint density at radius 2 is 1.73 bits per heavy atom. The molecule has 0 aliphatic carbocycles. The molecule has 2 aromatic rings. The van der Waals surface area contributed by atoms with E-state index in [9.17, 15) is 4.79 Å². The lowest BCUT2D eigenvalue weighted by molar-refractivity contribution is 0.575. The average molecular weight is 320 g/mol. The van der Waals surface area contributed by atoms with Gasteiger partial charge in [0, 0.05) is 24.5 Å². The molecule has 0 amide bonds. The Bertz CT molecular complexity index is 732. The predicted molar refractivity (Wildman–Crippen MR) is 86.0 cm³/mol. The highest BCUT2D eigenvalue weighted by molar-refractivity contribution is 6.33. The minimum absolute atomic E-state index is 0.180. The number of aryl methyl sites for hydroxylation is 2. The van der Waals surface area contributed by atoms with Crippen LogP contribution in [0.1, 0.15) is 30.7 Å². The fraction of sp³-hybridized carbons (Fsp3) is 0.467. The van der Waals surface area contributed by atoms with Crippen LogP contribution in [0.3, 0.4) is 0 Å². The second-order valence-electron chi connectivity index (χ2n) is 5.56. The van der Waals surface area contributed by atoms with Crippen LogP contribution in [0.25, 0.3) is 5.95 Å². The zero-order valence-electron chi connectivity index (χ0n) is 12.7. The minimum Gasteiger partial charge on any atom is -0.369 e. The zero-order chi connectivity index (χ0) is 15.7. The standard InChI is InChI=1S/C15H18ClN5O/c1-10-8-11(2)19-15(18-10)21-14(22)13(16)12(9-17-21)20-6-4-3-5-7-20/h8-9H,3-7H2,1-2H3. The maximum Gasteiger partial charge on any atom is 0.295 e. The second-order valence-corrected chi connectivity index (χ2v) is 5.94. The molecule has 0 aromatic carbocycles. The Balaban J connectivity index is 2.04. The molecule has 3 rings (SSSR count). The van der Waals surface area contributed by atoms with Gasteiger partial charge in [-0.25, -0.2) is 9.97 Å². The van der Waals surface area contributed by atoms with Crippen molar-refractivity contribution in [1.82, 2.24) is 19.7 Å². The summed E-state index contributed by atoms with van der Waals surface area (Å²) < 4.78 is 1.16. The minimum atomic E-state index is -0.380. The molecule has 3 heterocycles. The summed E-state index contributed by atoms with van der Waals surface area (Å²) in [7, 11) is 0. The van der Waals surface area contributed by atoms with E-state index in [2.05, 4.69) is 20.0 Å². The van der Waals surface area contributed by atoms with Crippen LogP contribution in [0.5, 0.6) is 0 Å². The van der Waals surface area contributed by atoms with Crippen LogP contribution in [0, 0.1) is 13.8 Å². The summed E-state index contributed by atoms with van der Waals surface area (Å²) in [6.45, 7) is 5.52. The Kier molecular flexibility index (Phi) is 4.11. The largest absolute Gasteiger partial charge is 0.369 e. The first-order chi connectivity index (χ1) is 10.6. The van der Waals surface area contributed by atoms with Crippen LogP contribution >= 0.6 is 11.6 Å². The Labute approximate surface area is 133 Å². The van der Waals surface area contributed by atoms with E-state index in [0.717, 1.165) is 42.0 Å². The summed E-state index contributed by atoms with van der Waals surface area (Å²) >= 11 is 6.29. The van der Waals surface area contributed by atoms with E-state index in [1.165, 1.54) is 6.42 Å². The summed E-state index contributed by atoms with van der Waals surface area (Å²) in [6.07, 6.45) is 5.07. The van der Waals surface area contributed by atoms with Crippen molar-refractivity contribution in [2.24, 2.45) is 0 Å². The third kappa shape index (κ3) is 2.83. The van der Waals surface area contributed by atoms with Crippen molar-refractivity contribution < 1.29 is 0 Å². The molecule has 6 nitrogen and oxygen atoms in total. The lowest BCUT2D eigenvalue weighted by Crippen LogP contribution is -2.33. The van der Waals surface area contributed by atoms with Crippen molar-refractivity contribution in [1.29, 1.82) is 0 Å². The monoisotopic (exact) mass is 319 g/mol. The highest BCUT2D eigenvalue weighted by Crippen LogP contribution is 2.24. The molecule has 7 heteroatoms. The number of nitrogens with zero attached hydrogens (tertiary/aromatic N) is 5. The number of piperidine rings is 1. The van der Waals surface area contributed by atoms with Gasteiger partial charge in [0.25, 0.3) is 11.5 Å². The highest BCUT2D eigenvalue weighted by atomic mass is 35.5. The van der Waals surface area contributed by atoms with E-state index in [4.69, 9.17) is 11.6 Å². The van der Waals surface area contributed by atoms with E-state index in [1.807, 2.05) is 19.9 Å².